The van der Waals surface area contributed by atoms with Crippen LogP contribution in [0.3, 0.4) is 0 Å². The second kappa shape index (κ2) is 5.10. The molecule has 0 bridgehead atoms. The third-order valence-electron chi connectivity index (χ3n) is 4.14. The summed E-state index contributed by atoms with van der Waals surface area (Å²) >= 11 is 5.18. The van der Waals surface area contributed by atoms with Crippen LogP contribution in [0.4, 0.5) is 5.69 Å². The largest absolute Gasteiger partial charge is 0.389 e. The van der Waals surface area contributed by atoms with Gasteiger partial charge in [0.25, 0.3) is 0 Å². The minimum absolute atomic E-state index is 0.500. The molecule has 2 aliphatic rings. The average Bonchev–Trinajstić information content (AvgIpc) is 3.23. The van der Waals surface area contributed by atoms with Crippen LogP contribution in [0.5, 0.6) is 0 Å². The molecule has 1 saturated heterocycles. The molecule has 19 heavy (non-hydrogen) atoms. The van der Waals surface area contributed by atoms with E-state index in [2.05, 4.69) is 34.9 Å². The van der Waals surface area contributed by atoms with E-state index in [0.717, 1.165) is 37.8 Å². The van der Waals surface area contributed by atoms with E-state index in [1.165, 1.54) is 24.1 Å². The van der Waals surface area contributed by atoms with Crippen LogP contribution >= 0.6 is 12.2 Å². The fraction of sp³-hybridized carbons (Fsp3) is 0.533. The van der Waals surface area contributed by atoms with Crippen molar-refractivity contribution in [2.24, 2.45) is 5.73 Å². The van der Waals surface area contributed by atoms with Gasteiger partial charge in [-0.15, -0.1) is 0 Å². The number of hydrogen-bond donors (Lipinski definition) is 1. The van der Waals surface area contributed by atoms with E-state index in [1.54, 1.807) is 0 Å². The predicted molar refractivity (Wildman–Crippen MR) is 83.9 cm³/mol. The predicted octanol–water partition coefficient (Wildman–Crippen LogP) is 1.91. The van der Waals surface area contributed by atoms with E-state index in [-0.39, 0.29) is 0 Å². The number of thiocarbonyl (C=S) groups is 1. The SMILES string of the molecule is Cc1ccc(C(N)=S)c(N2CCN(C3CC3)CC2)c1. The second-order valence-electron chi connectivity index (χ2n) is 5.64. The standard InChI is InChI=1S/C15H21N3S/c1-11-2-5-13(15(16)19)14(10-11)18-8-6-17(7-9-18)12-3-4-12/h2,5,10,12H,3-4,6-9H2,1H3,(H2,16,19). The maximum atomic E-state index is 5.85. The number of rotatable bonds is 3. The summed E-state index contributed by atoms with van der Waals surface area (Å²) in [6, 6.07) is 7.22. The van der Waals surface area contributed by atoms with Crippen LogP contribution in [0.1, 0.15) is 24.0 Å². The van der Waals surface area contributed by atoms with Crippen LogP contribution < -0.4 is 10.6 Å². The van der Waals surface area contributed by atoms with Crippen LogP contribution in [-0.4, -0.2) is 42.1 Å². The highest BCUT2D eigenvalue weighted by molar-refractivity contribution is 7.80. The van der Waals surface area contributed by atoms with Crippen molar-refractivity contribution >= 4 is 22.9 Å². The van der Waals surface area contributed by atoms with Gasteiger partial charge in [0.2, 0.25) is 0 Å². The van der Waals surface area contributed by atoms with Crippen LogP contribution in [0.15, 0.2) is 18.2 Å². The third-order valence-corrected chi connectivity index (χ3v) is 4.36. The van der Waals surface area contributed by atoms with Gasteiger partial charge in [0.05, 0.1) is 0 Å². The van der Waals surface area contributed by atoms with Gasteiger partial charge in [-0.1, -0.05) is 18.3 Å². The normalized spacial score (nSPS) is 20.6. The Labute approximate surface area is 120 Å². The van der Waals surface area contributed by atoms with Gasteiger partial charge in [-0.25, -0.2) is 0 Å². The molecule has 3 nitrogen and oxygen atoms in total. The summed E-state index contributed by atoms with van der Waals surface area (Å²) in [5.41, 5.74) is 9.34. The molecule has 1 aliphatic heterocycles. The third kappa shape index (κ3) is 2.74. The van der Waals surface area contributed by atoms with Crippen molar-refractivity contribution in [1.29, 1.82) is 0 Å². The Morgan fingerprint density at radius 2 is 1.89 bits per heavy atom. The van der Waals surface area contributed by atoms with Crippen molar-refractivity contribution in [3.8, 4) is 0 Å². The minimum Gasteiger partial charge on any atom is -0.389 e. The average molecular weight is 275 g/mol. The van der Waals surface area contributed by atoms with Gasteiger partial charge in [0, 0.05) is 43.5 Å². The highest BCUT2D eigenvalue weighted by Gasteiger charge is 2.31. The van der Waals surface area contributed by atoms with Gasteiger partial charge in [0.15, 0.2) is 0 Å². The summed E-state index contributed by atoms with van der Waals surface area (Å²) < 4.78 is 0. The smallest absolute Gasteiger partial charge is 0.106 e. The van der Waals surface area contributed by atoms with Crippen LogP contribution in [-0.2, 0) is 0 Å². The molecular weight excluding hydrogens is 254 g/mol. The van der Waals surface area contributed by atoms with Crippen molar-refractivity contribution in [1.82, 2.24) is 4.90 Å². The first kappa shape index (κ1) is 12.9. The Kier molecular flexibility index (Phi) is 3.46. The summed E-state index contributed by atoms with van der Waals surface area (Å²) in [5, 5.41) is 0. The Balaban J connectivity index is 1.78. The van der Waals surface area contributed by atoms with E-state index < -0.39 is 0 Å². The zero-order chi connectivity index (χ0) is 13.4. The van der Waals surface area contributed by atoms with E-state index in [0.29, 0.717) is 4.99 Å². The van der Waals surface area contributed by atoms with E-state index in [4.69, 9.17) is 18.0 Å². The lowest BCUT2D eigenvalue weighted by Gasteiger charge is -2.37. The van der Waals surface area contributed by atoms with Crippen molar-refractivity contribution in [2.75, 3.05) is 31.1 Å². The number of piperazine rings is 1. The molecule has 0 aromatic heterocycles. The summed E-state index contributed by atoms with van der Waals surface area (Å²) in [4.78, 5) is 5.55. The van der Waals surface area contributed by atoms with Gasteiger partial charge < -0.3 is 10.6 Å². The summed E-state index contributed by atoms with van der Waals surface area (Å²) in [7, 11) is 0. The lowest BCUT2D eigenvalue weighted by atomic mass is 10.1. The fourth-order valence-electron chi connectivity index (χ4n) is 2.88. The molecule has 0 unspecified atom stereocenters. The topological polar surface area (TPSA) is 32.5 Å². The molecule has 0 atom stereocenters. The van der Waals surface area contributed by atoms with Crippen LogP contribution in [0, 0.1) is 6.92 Å². The summed E-state index contributed by atoms with van der Waals surface area (Å²) in [5.74, 6) is 0. The highest BCUT2D eigenvalue weighted by Crippen LogP contribution is 2.29. The Morgan fingerprint density at radius 3 is 2.47 bits per heavy atom. The maximum Gasteiger partial charge on any atom is 0.106 e. The van der Waals surface area contributed by atoms with Crippen LogP contribution in [0.25, 0.3) is 0 Å². The first-order chi connectivity index (χ1) is 9.15. The first-order valence-corrected chi connectivity index (χ1v) is 7.45. The van der Waals surface area contributed by atoms with Crippen LogP contribution in [0.2, 0.25) is 0 Å². The monoisotopic (exact) mass is 275 g/mol. The van der Waals surface area contributed by atoms with E-state index >= 15 is 0 Å². The molecule has 0 radical (unpaired) electrons. The Bertz CT molecular complexity index is 488. The molecule has 3 rings (SSSR count). The molecule has 102 valence electrons. The Morgan fingerprint density at radius 1 is 1.21 bits per heavy atom. The molecule has 1 heterocycles. The summed E-state index contributed by atoms with van der Waals surface area (Å²) in [6.45, 7) is 6.60. The molecule has 1 aromatic rings. The van der Waals surface area contributed by atoms with Crippen molar-refractivity contribution < 1.29 is 0 Å². The van der Waals surface area contributed by atoms with Gasteiger partial charge in [0.1, 0.15) is 4.99 Å². The van der Waals surface area contributed by atoms with E-state index in [1.807, 2.05) is 0 Å². The molecule has 1 saturated carbocycles. The Hall–Kier alpha value is -1.13. The van der Waals surface area contributed by atoms with Gasteiger partial charge in [-0.2, -0.15) is 0 Å². The van der Waals surface area contributed by atoms with Crippen molar-refractivity contribution in [3.05, 3.63) is 29.3 Å². The van der Waals surface area contributed by atoms with Gasteiger partial charge >= 0.3 is 0 Å². The number of nitrogens with two attached hydrogens (primary N) is 1. The maximum absolute atomic E-state index is 5.85. The summed E-state index contributed by atoms with van der Waals surface area (Å²) in [6.07, 6.45) is 2.78. The minimum atomic E-state index is 0.500. The number of anilines is 1. The number of benzene rings is 1. The van der Waals surface area contributed by atoms with Crippen molar-refractivity contribution in [2.45, 2.75) is 25.8 Å². The number of nitrogens with zero attached hydrogens (tertiary/aromatic N) is 2. The molecule has 0 spiro atoms. The van der Waals surface area contributed by atoms with Crippen molar-refractivity contribution in [3.63, 3.8) is 0 Å². The molecule has 4 heteroatoms. The fourth-order valence-corrected chi connectivity index (χ4v) is 3.05. The molecule has 1 aliphatic carbocycles. The van der Waals surface area contributed by atoms with E-state index in [9.17, 15) is 0 Å². The van der Waals surface area contributed by atoms with Gasteiger partial charge in [-0.05, 0) is 37.5 Å². The number of hydrogen-bond acceptors (Lipinski definition) is 3. The lowest BCUT2D eigenvalue weighted by molar-refractivity contribution is 0.248. The zero-order valence-electron chi connectivity index (χ0n) is 11.4. The number of aryl methyl sites for hydroxylation is 1. The first-order valence-electron chi connectivity index (χ1n) is 7.04. The molecular formula is C15H21N3S. The molecule has 2 N–H and O–H groups in total. The highest BCUT2D eigenvalue weighted by atomic mass is 32.1. The molecule has 2 fully saturated rings. The lowest BCUT2D eigenvalue weighted by Crippen LogP contribution is -2.47. The quantitative estimate of drug-likeness (QED) is 0.854. The molecule has 0 amide bonds. The zero-order valence-corrected chi connectivity index (χ0v) is 12.2. The second-order valence-corrected chi connectivity index (χ2v) is 6.08. The molecule has 1 aromatic carbocycles. The van der Waals surface area contributed by atoms with Gasteiger partial charge in [-0.3, -0.25) is 4.90 Å².